The van der Waals surface area contributed by atoms with E-state index in [0.29, 0.717) is 32.2 Å². The number of carbonyl (C=O) groups excluding carboxylic acids is 1. The third kappa shape index (κ3) is 4.11. The number of rotatable bonds is 6. The third-order valence-electron chi connectivity index (χ3n) is 3.90. The molecule has 1 amide bonds. The van der Waals surface area contributed by atoms with Crippen molar-refractivity contribution in [3.8, 4) is 23.3 Å². The van der Waals surface area contributed by atoms with E-state index in [1.165, 1.54) is 23.8 Å². The number of thiocarbonyl (C=S) groups is 1. The Balaban J connectivity index is 1.86. The first-order chi connectivity index (χ1) is 13.6. The second kappa shape index (κ2) is 8.78. The first-order valence-electron chi connectivity index (χ1n) is 8.17. The average molecular weight is 412 g/mol. The highest BCUT2D eigenvalue weighted by Crippen LogP contribution is 2.37. The Morgan fingerprint density at radius 2 is 1.89 bits per heavy atom. The van der Waals surface area contributed by atoms with E-state index in [1.54, 1.807) is 55.7 Å². The fourth-order valence-corrected chi connectivity index (χ4v) is 3.88. The van der Waals surface area contributed by atoms with Gasteiger partial charge in [-0.15, -0.1) is 0 Å². The molecule has 0 atom stereocenters. The molecule has 0 bridgehead atoms. The van der Waals surface area contributed by atoms with Crippen LogP contribution in [0.25, 0.3) is 6.08 Å². The largest absolute Gasteiger partial charge is 0.497 e. The molecule has 1 saturated heterocycles. The van der Waals surface area contributed by atoms with Gasteiger partial charge in [0.05, 0.1) is 24.8 Å². The van der Waals surface area contributed by atoms with Crippen molar-refractivity contribution in [2.45, 2.75) is 0 Å². The second-order valence-corrected chi connectivity index (χ2v) is 7.25. The quantitative estimate of drug-likeness (QED) is 0.524. The van der Waals surface area contributed by atoms with Crippen molar-refractivity contribution in [2.75, 3.05) is 25.7 Å². The topological polar surface area (TPSA) is 71.8 Å². The summed E-state index contributed by atoms with van der Waals surface area (Å²) < 4.78 is 16.2. The fraction of sp³-hybridized carbons (Fsp3) is 0.150. The number of hydrogen-bond acceptors (Lipinski definition) is 7. The van der Waals surface area contributed by atoms with Crippen LogP contribution in [0, 0.1) is 11.3 Å². The van der Waals surface area contributed by atoms with Gasteiger partial charge in [0.25, 0.3) is 5.91 Å². The van der Waals surface area contributed by atoms with Gasteiger partial charge < -0.3 is 14.2 Å². The molecule has 1 heterocycles. The lowest BCUT2D eigenvalue weighted by atomic mass is 10.2. The fourth-order valence-electron chi connectivity index (χ4n) is 2.58. The molecule has 0 N–H and O–H groups in total. The van der Waals surface area contributed by atoms with Crippen molar-refractivity contribution in [3.63, 3.8) is 0 Å². The summed E-state index contributed by atoms with van der Waals surface area (Å²) in [5.74, 6) is 1.46. The summed E-state index contributed by atoms with van der Waals surface area (Å²) in [6.07, 6.45) is 1.75. The van der Waals surface area contributed by atoms with E-state index >= 15 is 0 Å². The highest BCUT2D eigenvalue weighted by atomic mass is 32.2. The van der Waals surface area contributed by atoms with Crippen molar-refractivity contribution in [1.29, 1.82) is 5.26 Å². The van der Waals surface area contributed by atoms with Crippen LogP contribution in [0.5, 0.6) is 17.2 Å². The summed E-state index contributed by atoms with van der Waals surface area (Å²) in [7, 11) is 3.10. The van der Waals surface area contributed by atoms with E-state index in [0.717, 1.165) is 5.56 Å². The zero-order valence-electron chi connectivity index (χ0n) is 15.2. The van der Waals surface area contributed by atoms with Crippen LogP contribution in [0.3, 0.4) is 0 Å². The van der Waals surface area contributed by atoms with E-state index in [-0.39, 0.29) is 12.5 Å². The number of hydrogen-bond donors (Lipinski definition) is 0. The minimum atomic E-state index is -0.191. The van der Waals surface area contributed by atoms with Gasteiger partial charge in [-0.05, 0) is 48.0 Å². The molecule has 8 heteroatoms. The Hall–Kier alpha value is -3.02. The maximum atomic E-state index is 12.9. The van der Waals surface area contributed by atoms with E-state index in [1.807, 2.05) is 6.07 Å². The van der Waals surface area contributed by atoms with Crippen LogP contribution in [0.1, 0.15) is 5.56 Å². The van der Waals surface area contributed by atoms with Gasteiger partial charge in [0, 0.05) is 0 Å². The standard InChI is InChI=1S/C20H16N2O4S2/c1-24-15-6-4-14(5-7-15)22-19(23)18(28-20(22)27)12-13-3-8-16(26-10-9-21)17(11-13)25-2/h3-8,11-12H,10H2,1-2H3. The van der Waals surface area contributed by atoms with E-state index in [2.05, 4.69) is 0 Å². The van der Waals surface area contributed by atoms with Gasteiger partial charge in [-0.25, -0.2) is 0 Å². The zero-order chi connectivity index (χ0) is 20.1. The van der Waals surface area contributed by atoms with E-state index in [4.69, 9.17) is 31.7 Å². The number of nitrogens with zero attached hydrogens (tertiary/aromatic N) is 2. The van der Waals surface area contributed by atoms with Gasteiger partial charge in [0.15, 0.2) is 22.4 Å². The Bertz CT molecular complexity index is 981. The molecule has 2 aromatic carbocycles. The summed E-state index contributed by atoms with van der Waals surface area (Å²) in [5, 5.41) is 8.65. The lowest BCUT2D eigenvalue weighted by Crippen LogP contribution is -2.27. The molecule has 0 saturated carbocycles. The molecular formula is C20H16N2O4S2. The van der Waals surface area contributed by atoms with Crippen LogP contribution in [0.4, 0.5) is 5.69 Å². The Morgan fingerprint density at radius 3 is 2.54 bits per heavy atom. The smallest absolute Gasteiger partial charge is 0.270 e. The van der Waals surface area contributed by atoms with E-state index < -0.39 is 0 Å². The minimum absolute atomic E-state index is 0.0732. The van der Waals surface area contributed by atoms with Crippen LogP contribution in [-0.2, 0) is 4.79 Å². The van der Waals surface area contributed by atoms with E-state index in [9.17, 15) is 4.79 Å². The number of anilines is 1. The van der Waals surface area contributed by atoms with Crippen LogP contribution in [0.2, 0.25) is 0 Å². The van der Waals surface area contributed by atoms with Crippen LogP contribution < -0.4 is 19.1 Å². The van der Waals surface area contributed by atoms with Crippen molar-refractivity contribution < 1.29 is 19.0 Å². The Labute approximate surface area is 172 Å². The number of ether oxygens (including phenoxy) is 3. The lowest BCUT2D eigenvalue weighted by molar-refractivity contribution is -0.113. The highest BCUT2D eigenvalue weighted by molar-refractivity contribution is 8.27. The number of benzene rings is 2. The first kappa shape index (κ1) is 19.7. The second-order valence-electron chi connectivity index (χ2n) is 5.57. The molecule has 0 unspecified atom stereocenters. The number of thioether (sulfide) groups is 1. The predicted molar refractivity (Wildman–Crippen MR) is 113 cm³/mol. The highest BCUT2D eigenvalue weighted by Gasteiger charge is 2.33. The molecule has 1 aliphatic rings. The summed E-state index contributed by atoms with van der Waals surface area (Å²) in [6.45, 7) is -0.0732. The van der Waals surface area contributed by atoms with Gasteiger partial charge >= 0.3 is 0 Å². The molecule has 0 radical (unpaired) electrons. The maximum Gasteiger partial charge on any atom is 0.270 e. The average Bonchev–Trinajstić information content (AvgIpc) is 3.00. The Morgan fingerprint density at radius 1 is 1.14 bits per heavy atom. The lowest BCUT2D eigenvalue weighted by Gasteiger charge is -2.14. The molecule has 3 rings (SSSR count). The number of carbonyl (C=O) groups is 1. The summed E-state index contributed by atoms with van der Waals surface area (Å²) in [5.41, 5.74) is 1.45. The van der Waals surface area contributed by atoms with Gasteiger partial charge in [-0.3, -0.25) is 9.69 Å². The van der Waals surface area contributed by atoms with Crippen molar-refractivity contribution in [1.82, 2.24) is 0 Å². The molecule has 28 heavy (non-hydrogen) atoms. The van der Waals surface area contributed by atoms with Crippen LogP contribution in [0.15, 0.2) is 47.4 Å². The number of amides is 1. The molecule has 1 fully saturated rings. The molecule has 1 aliphatic heterocycles. The zero-order valence-corrected chi connectivity index (χ0v) is 16.8. The summed E-state index contributed by atoms with van der Waals surface area (Å²) in [6, 6.07) is 14.3. The predicted octanol–water partition coefficient (Wildman–Crippen LogP) is 4.01. The molecule has 0 aromatic heterocycles. The SMILES string of the molecule is COc1ccc(N2C(=O)C(=Cc3ccc(OCC#N)c(OC)c3)SC2=S)cc1. The van der Waals surface area contributed by atoms with Crippen molar-refractivity contribution in [2.24, 2.45) is 0 Å². The number of methoxy groups -OCH3 is 2. The van der Waals surface area contributed by atoms with Gasteiger partial charge in [0.1, 0.15) is 11.8 Å². The molecule has 142 valence electrons. The molecule has 6 nitrogen and oxygen atoms in total. The van der Waals surface area contributed by atoms with Gasteiger partial charge in [-0.2, -0.15) is 5.26 Å². The number of nitriles is 1. The van der Waals surface area contributed by atoms with Crippen LogP contribution >= 0.6 is 24.0 Å². The van der Waals surface area contributed by atoms with Gasteiger partial charge in [-0.1, -0.05) is 30.0 Å². The van der Waals surface area contributed by atoms with Crippen molar-refractivity contribution >= 4 is 46.0 Å². The molecule has 2 aromatic rings. The Kier molecular flexibility index (Phi) is 6.19. The molecule has 0 aliphatic carbocycles. The monoisotopic (exact) mass is 412 g/mol. The minimum Gasteiger partial charge on any atom is -0.497 e. The molecule has 0 spiro atoms. The van der Waals surface area contributed by atoms with Crippen LogP contribution in [-0.4, -0.2) is 31.1 Å². The normalized spacial score (nSPS) is 14.9. The summed E-state index contributed by atoms with van der Waals surface area (Å²) in [4.78, 5) is 14.9. The van der Waals surface area contributed by atoms with Crippen molar-refractivity contribution in [3.05, 3.63) is 52.9 Å². The summed E-state index contributed by atoms with van der Waals surface area (Å²) >= 11 is 6.63. The van der Waals surface area contributed by atoms with Gasteiger partial charge in [0.2, 0.25) is 0 Å². The molecular weight excluding hydrogens is 396 g/mol. The first-order valence-corrected chi connectivity index (χ1v) is 9.39. The maximum absolute atomic E-state index is 12.9. The third-order valence-corrected chi connectivity index (χ3v) is 5.20.